The van der Waals surface area contributed by atoms with E-state index in [0.29, 0.717) is 6.04 Å². The highest BCUT2D eigenvalue weighted by molar-refractivity contribution is 5.65. The minimum Gasteiger partial charge on any atom is -0.370 e. The molecule has 4 heterocycles. The molecule has 124 valence electrons. The Balaban J connectivity index is 1.56. The van der Waals surface area contributed by atoms with Gasteiger partial charge in [0.15, 0.2) is 5.65 Å². The largest absolute Gasteiger partial charge is 0.370 e. The van der Waals surface area contributed by atoms with Gasteiger partial charge in [0.2, 0.25) is 0 Å². The van der Waals surface area contributed by atoms with Gasteiger partial charge in [-0.1, -0.05) is 0 Å². The highest BCUT2D eigenvalue weighted by atomic mass is 15.3. The molecule has 24 heavy (non-hydrogen) atoms. The van der Waals surface area contributed by atoms with E-state index in [9.17, 15) is 0 Å². The molecule has 1 aliphatic heterocycles. The van der Waals surface area contributed by atoms with E-state index in [2.05, 4.69) is 38.4 Å². The number of hydrogen-bond acceptors (Lipinski definition) is 5. The van der Waals surface area contributed by atoms with Crippen molar-refractivity contribution in [2.24, 2.45) is 0 Å². The molecule has 1 N–H and O–H groups in total. The fourth-order valence-electron chi connectivity index (χ4n) is 3.42. The van der Waals surface area contributed by atoms with E-state index < -0.39 is 0 Å². The molecule has 1 aliphatic rings. The third-order valence-electron chi connectivity index (χ3n) is 4.79. The lowest BCUT2D eigenvalue weighted by atomic mass is 10.1. The summed E-state index contributed by atoms with van der Waals surface area (Å²) >= 11 is 0. The standard InChI is InChI=1S/C18H22N6/c1-23-12-2-3-15(23)6-10-20-18-13-16(14-4-8-19-9-5-14)22-17-7-11-21-24(17)18/h4-5,7-9,11,13,15,20H,2-3,6,10,12H2,1H3/t15-/m0/s1. The molecular formula is C18H22N6. The maximum Gasteiger partial charge on any atom is 0.157 e. The van der Waals surface area contributed by atoms with Crippen LogP contribution in [0.4, 0.5) is 5.82 Å². The SMILES string of the molecule is CN1CCC[C@H]1CCNc1cc(-c2ccncc2)nc2ccnn12. The van der Waals surface area contributed by atoms with E-state index in [1.165, 1.54) is 19.4 Å². The lowest BCUT2D eigenvalue weighted by molar-refractivity contribution is 0.301. The van der Waals surface area contributed by atoms with Crippen LogP contribution in [0.25, 0.3) is 16.9 Å². The van der Waals surface area contributed by atoms with Crippen LogP contribution in [0.5, 0.6) is 0 Å². The van der Waals surface area contributed by atoms with E-state index in [-0.39, 0.29) is 0 Å². The third kappa shape index (κ3) is 2.97. The van der Waals surface area contributed by atoms with Crippen molar-refractivity contribution in [3.8, 4) is 11.3 Å². The summed E-state index contributed by atoms with van der Waals surface area (Å²) in [5, 5.41) is 7.94. The Bertz CT molecular complexity index is 813. The lowest BCUT2D eigenvalue weighted by Crippen LogP contribution is -2.27. The normalized spacial score (nSPS) is 18.3. The van der Waals surface area contributed by atoms with Crippen molar-refractivity contribution in [2.45, 2.75) is 25.3 Å². The van der Waals surface area contributed by atoms with Crippen LogP contribution in [-0.4, -0.2) is 50.7 Å². The van der Waals surface area contributed by atoms with Gasteiger partial charge in [0.25, 0.3) is 0 Å². The molecule has 0 radical (unpaired) electrons. The molecule has 0 aliphatic carbocycles. The number of nitrogens with zero attached hydrogens (tertiary/aromatic N) is 5. The molecule has 1 saturated heterocycles. The number of rotatable bonds is 5. The number of likely N-dealkylation sites (tertiary alicyclic amines) is 1. The first-order chi connectivity index (χ1) is 11.8. The topological polar surface area (TPSA) is 58.3 Å². The van der Waals surface area contributed by atoms with Crippen molar-refractivity contribution in [1.29, 1.82) is 0 Å². The Morgan fingerprint density at radius 1 is 1.21 bits per heavy atom. The summed E-state index contributed by atoms with van der Waals surface area (Å²) in [6.45, 7) is 2.15. The number of pyridine rings is 1. The molecule has 0 spiro atoms. The Kier molecular flexibility index (Phi) is 4.13. The summed E-state index contributed by atoms with van der Waals surface area (Å²) in [6.07, 6.45) is 9.13. The van der Waals surface area contributed by atoms with Crippen LogP contribution in [0.2, 0.25) is 0 Å². The molecule has 0 saturated carbocycles. The van der Waals surface area contributed by atoms with Gasteiger partial charge in [0.1, 0.15) is 5.82 Å². The number of aromatic nitrogens is 4. The molecule has 3 aromatic heterocycles. The minimum absolute atomic E-state index is 0.687. The Hall–Kier alpha value is -2.47. The minimum atomic E-state index is 0.687. The van der Waals surface area contributed by atoms with E-state index in [0.717, 1.165) is 35.7 Å². The Labute approximate surface area is 141 Å². The van der Waals surface area contributed by atoms with Gasteiger partial charge in [-0.25, -0.2) is 4.98 Å². The van der Waals surface area contributed by atoms with Crippen LogP contribution in [0.15, 0.2) is 42.9 Å². The summed E-state index contributed by atoms with van der Waals surface area (Å²) in [4.78, 5) is 11.2. The molecule has 0 unspecified atom stereocenters. The number of anilines is 1. The van der Waals surface area contributed by atoms with Crippen molar-refractivity contribution in [2.75, 3.05) is 25.5 Å². The summed E-state index contributed by atoms with van der Waals surface area (Å²) < 4.78 is 1.86. The zero-order valence-corrected chi connectivity index (χ0v) is 13.9. The second-order valence-corrected chi connectivity index (χ2v) is 6.36. The second kappa shape index (κ2) is 6.57. The Morgan fingerprint density at radius 2 is 2.08 bits per heavy atom. The van der Waals surface area contributed by atoms with Crippen molar-refractivity contribution in [3.05, 3.63) is 42.9 Å². The van der Waals surface area contributed by atoms with Gasteiger partial charge in [0, 0.05) is 42.7 Å². The van der Waals surface area contributed by atoms with Crippen LogP contribution in [0.1, 0.15) is 19.3 Å². The smallest absolute Gasteiger partial charge is 0.157 e. The van der Waals surface area contributed by atoms with Gasteiger partial charge in [-0.2, -0.15) is 9.61 Å². The molecule has 1 atom stereocenters. The number of nitrogens with one attached hydrogen (secondary N) is 1. The van der Waals surface area contributed by atoms with Gasteiger partial charge in [-0.05, 0) is 45.0 Å². The average molecular weight is 322 g/mol. The summed E-state index contributed by atoms with van der Waals surface area (Å²) in [6, 6.07) is 8.64. The van der Waals surface area contributed by atoms with E-state index in [4.69, 9.17) is 0 Å². The highest BCUT2D eigenvalue weighted by Gasteiger charge is 2.20. The van der Waals surface area contributed by atoms with Crippen molar-refractivity contribution in [3.63, 3.8) is 0 Å². The van der Waals surface area contributed by atoms with Crippen molar-refractivity contribution < 1.29 is 0 Å². The average Bonchev–Trinajstić information content (AvgIpc) is 3.24. The van der Waals surface area contributed by atoms with Gasteiger partial charge in [-0.15, -0.1) is 0 Å². The first-order valence-corrected chi connectivity index (χ1v) is 8.50. The van der Waals surface area contributed by atoms with Gasteiger partial charge >= 0.3 is 0 Å². The van der Waals surface area contributed by atoms with Gasteiger partial charge in [0.05, 0.1) is 11.9 Å². The molecule has 1 fully saturated rings. The van der Waals surface area contributed by atoms with Crippen LogP contribution >= 0.6 is 0 Å². The summed E-state index contributed by atoms with van der Waals surface area (Å²) in [7, 11) is 2.22. The molecule has 0 amide bonds. The first kappa shape index (κ1) is 15.1. The molecule has 0 bridgehead atoms. The van der Waals surface area contributed by atoms with Gasteiger partial charge < -0.3 is 10.2 Å². The maximum absolute atomic E-state index is 4.69. The van der Waals surface area contributed by atoms with Crippen molar-refractivity contribution >= 4 is 11.5 Å². The summed E-state index contributed by atoms with van der Waals surface area (Å²) in [5.41, 5.74) is 2.85. The van der Waals surface area contributed by atoms with E-state index in [1.54, 1.807) is 18.6 Å². The lowest BCUT2D eigenvalue weighted by Gasteiger charge is -2.19. The van der Waals surface area contributed by atoms with Gasteiger partial charge in [-0.3, -0.25) is 4.98 Å². The highest BCUT2D eigenvalue weighted by Crippen LogP contribution is 2.22. The predicted molar refractivity (Wildman–Crippen MR) is 95.0 cm³/mol. The number of fused-ring (bicyclic) bond motifs is 1. The van der Waals surface area contributed by atoms with Crippen molar-refractivity contribution in [1.82, 2.24) is 24.5 Å². The second-order valence-electron chi connectivity index (χ2n) is 6.36. The van der Waals surface area contributed by atoms with E-state index in [1.807, 2.05) is 22.7 Å². The fraction of sp³-hybridized carbons (Fsp3) is 0.389. The molecule has 6 nitrogen and oxygen atoms in total. The quantitative estimate of drug-likeness (QED) is 0.782. The zero-order chi connectivity index (χ0) is 16.4. The third-order valence-corrected chi connectivity index (χ3v) is 4.79. The number of hydrogen-bond donors (Lipinski definition) is 1. The Morgan fingerprint density at radius 3 is 2.88 bits per heavy atom. The maximum atomic E-state index is 4.69. The summed E-state index contributed by atoms with van der Waals surface area (Å²) in [5.74, 6) is 0.984. The molecule has 0 aromatic carbocycles. The fourth-order valence-corrected chi connectivity index (χ4v) is 3.42. The van der Waals surface area contributed by atoms with Crippen LogP contribution in [0.3, 0.4) is 0 Å². The molecular weight excluding hydrogens is 300 g/mol. The van der Waals surface area contributed by atoms with Crippen LogP contribution in [-0.2, 0) is 0 Å². The van der Waals surface area contributed by atoms with Crippen LogP contribution < -0.4 is 5.32 Å². The van der Waals surface area contributed by atoms with E-state index >= 15 is 0 Å². The predicted octanol–water partition coefficient (Wildman–Crippen LogP) is 2.69. The molecule has 3 aromatic rings. The molecule has 6 heteroatoms. The van der Waals surface area contributed by atoms with Crippen LogP contribution in [0, 0.1) is 0 Å². The molecule has 4 rings (SSSR count). The monoisotopic (exact) mass is 322 g/mol. The first-order valence-electron chi connectivity index (χ1n) is 8.50. The zero-order valence-electron chi connectivity index (χ0n) is 13.9.